The largest absolute Gasteiger partial charge is 0.471 e. The van der Waals surface area contributed by atoms with Gasteiger partial charge in [-0.15, -0.1) is 0 Å². The molecule has 2 heterocycles. The Labute approximate surface area is 166 Å². The molecule has 0 bridgehead atoms. The number of amides is 1. The summed E-state index contributed by atoms with van der Waals surface area (Å²) < 4.78 is 42.2. The Hall–Kier alpha value is -2.91. The summed E-state index contributed by atoms with van der Waals surface area (Å²) in [5.74, 6) is -1.86. The minimum absolute atomic E-state index is 0.142. The standard InChI is InChI=1S/C19H22F3N5O2/c1-5-27-13(10-14(25-27)18(2,3)4)16(28)23-12-8-6-7-11(9-12)15-24-17(29-26-15)19(20,21)22/h6-9,13H,5,10H2,1-4H3,(H,23,28). The van der Waals surface area contributed by atoms with Crippen molar-refractivity contribution in [3.63, 3.8) is 0 Å². The molecular weight excluding hydrogens is 387 g/mol. The van der Waals surface area contributed by atoms with E-state index in [-0.39, 0.29) is 17.1 Å². The van der Waals surface area contributed by atoms with Gasteiger partial charge in [-0.3, -0.25) is 9.80 Å². The van der Waals surface area contributed by atoms with Crippen molar-refractivity contribution in [2.45, 2.75) is 46.3 Å². The van der Waals surface area contributed by atoms with E-state index in [1.54, 1.807) is 17.1 Å². The number of carbonyl (C=O) groups excluding carboxylic acids is 1. The third kappa shape index (κ3) is 4.57. The molecule has 156 valence electrons. The average molecular weight is 409 g/mol. The summed E-state index contributed by atoms with van der Waals surface area (Å²) in [5.41, 5.74) is 1.52. The molecule has 0 saturated carbocycles. The minimum Gasteiger partial charge on any atom is -0.329 e. The van der Waals surface area contributed by atoms with Crippen molar-refractivity contribution in [3.8, 4) is 11.4 Å². The topological polar surface area (TPSA) is 83.6 Å². The smallest absolute Gasteiger partial charge is 0.329 e. The summed E-state index contributed by atoms with van der Waals surface area (Å²) in [5, 5.41) is 12.5. The van der Waals surface area contributed by atoms with Crippen molar-refractivity contribution in [1.29, 1.82) is 0 Å². The van der Waals surface area contributed by atoms with Crippen LogP contribution in [0, 0.1) is 5.41 Å². The van der Waals surface area contributed by atoms with E-state index in [1.807, 2.05) is 27.7 Å². The van der Waals surface area contributed by atoms with Crippen molar-refractivity contribution >= 4 is 17.3 Å². The van der Waals surface area contributed by atoms with E-state index in [0.29, 0.717) is 24.2 Å². The van der Waals surface area contributed by atoms with E-state index in [0.717, 1.165) is 5.71 Å². The molecule has 1 aromatic heterocycles. The number of nitrogens with one attached hydrogen (secondary N) is 1. The highest BCUT2D eigenvalue weighted by molar-refractivity contribution is 6.01. The number of rotatable bonds is 4. The first-order chi connectivity index (χ1) is 13.5. The number of anilines is 1. The molecule has 0 radical (unpaired) electrons. The van der Waals surface area contributed by atoms with Crippen LogP contribution in [0.1, 0.15) is 40.0 Å². The third-order valence-electron chi connectivity index (χ3n) is 4.54. The van der Waals surface area contributed by atoms with Crippen molar-refractivity contribution in [2.75, 3.05) is 11.9 Å². The van der Waals surface area contributed by atoms with Gasteiger partial charge in [-0.25, -0.2) is 0 Å². The Bertz CT molecular complexity index is 930. The first kappa shape index (κ1) is 20.8. The summed E-state index contributed by atoms with van der Waals surface area (Å²) in [6, 6.07) is 5.83. The van der Waals surface area contributed by atoms with Gasteiger partial charge in [0.1, 0.15) is 6.04 Å². The molecule has 1 N–H and O–H groups in total. The highest BCUT2D eigenvalue weighted by Crippen LogP contribution is 2.31. The van der Waals surface area contributed by atoms with Crippen molar-refractivity contribution in [2.24, 2.45) is 10.5 Å². The summed E-state index contributed by atoms with van der Waals surface area (Å²) in [7, 11) is 0. The van der Waals surface area contributed by atoms with Crippen LogP contribution in [0.4, 0.5) is 18.9 Å². The number of halogens is 3. The van der Waals surface area contributed by atoms with Gasteiger partial charge in [0.25, 0.3) is 0 Å². The van der Waals surface area contributed by atoms with E-state index in [2.05, 4.69) is 25.1 Å². The molecule has 2 aromatic rings. The fraction of sp³-hybridized carbons (Fsp3) is 0.474. The van der Waals surface area contributed by atoms with Crippen LogP contribution in [-0.2, 0) is 11.0 Å². The monoisotopic (exact) mass is 409 g/mol. The number of hydrazone groups is 1. The Kier molecular flexibility index (Phi) is 5.38. The van der Waals surface area contributed by atoms with Gasteiger partial charge in [0.2, 0.25) is 11.7 Å². The number of carbonyl (C=O) groups is 1. The Balaban J connectivity index is 1.75. The number of benzene rings is 1. The van der Waals surface area contributed by atoms with E-state index in [1.165, 1.54) is 12.1 Å². The maximum absolute atomic E-state index is 12.8. The van der Waals surface area contributed by atoms with Crippen molar-refractivity contribution < 1.29 is 22.5 Å². The molecule has 7 nitrogen and oxygen atoms in total. The van der Waals surface area contributed by atoms with Crippen LogP contribution < -0.4 is 5.32 Å². The quantitative estimate of drug-likeness (QED) is 0.819. The first-order valence-corrected chi connectivity index (χ1v) is 9.16. The number of nitrogens with zero attached hydrogens (tertiary/aromatic N) is 4. The third-order valence-corrected chi connectivity index (χ3v) is 4.54. The van der Waals surface area contributed by atoms with Crippen LogP contribution in [0.25, 0.3) is 11.4 Å². The molecule has 1 amide bonds. The van der Waals surface area contributed by atoms with Crippen LogP contribution in [-0.4, -0.2) is 39.4 Å². The predicted octanol–water partition coefficient (Wildman–Crippen LogP) is 4.19. The van der Waals surface area contributed by atoms with Crippen LogP contribution in [0.3, 0.4) is 0 Å². The van der Waals surface area contributed by atoms with Gasteiger partial charge in [-0.2, -0.15) is 23.3 Å². The summed E-state index contributed by atoms with van der Waals surface area (Å²) in [6.07, 6.45) is -4.20. The van der Waals surface area contributed by atoms with E-state index in [9.17, 15) is 18.0 Å². The number of hydrogen-bond donors (Lipinski definition) is 1. The Morgan fingerprint density at radius 3 is 2.62 bits per heavy atom. The van der Waals surface area contributed by atoms with E-state index >= 15 is 0 Å². The van der Waals surface area contributed by atoms with Crippen LogP contribution in [0.5, 0.6) is 0 Å². The lowest BCUT2D eigenvalue weighted by molar-refractivity contribution is -0.159. The molecule has 1 aliphatic heterocycles. The fourth-order valence-electron chi connectivity index (χ4n) is 2.95. The minimum atomic E-state index is -4.71. The molecule has 0 saturated heterocycles. The van der Waals surface area contributed by atoms with Gasteiger partial charge >= 0.3 is 12.1 Å². The van der Waals surface area contributed by atoms with Gasteiger partial charge in [0.05, 0.1) is 0 Å². The SMILES string of the molecule is CCN1N=C(C(C)(C)C)CC1C(=O)Nc1cccc(-c2noc(C(F)(F)F)n2)c1. The summed E-state index contributed by atoms with van der Waals surface area (Å²) in [4.78, 5) is 16.2. The number of hydrogen-bond acceptors (Lipinski definition) is 6. The average Bonchev–Trinajstić information content (AvgIpc) is 3.28. The number of likely N-dealkylation sites (N-methyl/N-ethyl adjacent to an activating group) is 1. The molecule has 1 atom stereocenters. The molecule has 1 unspecified atom stereocenters. The summed E-state index contributed by atoms with van der Waals surface area (Å²) >= 11 is 0. The lowest BCUT2D eigenvalue weighted by Crippen LogP contribution is -2.38. The molecule has 29 heavy (non-hydrogen) atoms. The molecule has 1 aliphatic rings. The first-order valence-electron chi connectivity index (χ1n) is 9.16. The van der Waals surface area contributed by atoms with Crippen LogP contribution in [0.15, 0.2) is 33.9 Å². The maximum Gasteiger partial charge on any atom is 0.471 e. The van der Waals surface area contributed by atoms with Gasteiger partial charge < -0.3 is 9.84 Å². The lowest BCUT2D eigenvalue weighted by Gasteiger charge is -2.21. The van der Waals surface area contributed by atoms with Gasteiger partial charge in [-0.05, 0) is 19.1 Å². The second kappa shape index (κ2) is 7.49. The van der Waals surface area contributed by atoms with Gasteiger partial charge in [0.15, 0.2) is 0 Å². The number of aromatic nitrogens is 2. The molecule has 0 aliphatic carbocycles. The molecular formula is C19H22F3N5O2. The zero-order valence-electron chi connectivity index (χ0n) is 16.5. The maximum atomic E-state index is 12.8. The molecule has 3 rings (SSSR count). The van der Waals surface area contributed by atoms with Crippen molar-refractivity contribution in [3.05, 3.63) is 30.2 Å². The highest BCUT2D eigenvalue weighted by atomic mass is 19.4. The highest BCUT2D eigenvalue weighted by Gasteiger charge is 2.39. The zero-order valence-corrected chi connectivity index (χ0v) is 16.5. The fourth-order valence-corrected chi connectivity index (χ4v) is 2.95. The van der Waals surface area contributed by atoms with E-state index < -0.39 is 18.1 Å². The lowest BCUT2D eigenvalue weighted by atomic mass is 9.87. The van der Waals surface area contributed by atoms with Gasteiger partial charge in [-0.1, -0.05) is 38.1 Å². The summed E-state index contributed by atoms with van der Waals surface area (Å²) in [6.45, 7) is 8.64. The normalized spacial score (nSPS) is 17.4. The molecule has 10 heteroatoms. The Morgan fingerprint density at radius 1 is 1.31 bits per heavy atom. The second-order valence-corrected chi connectivity index (χ2v) is 7.76. The predicted molar refractivity (Wildman–Crippen MR) is 101 cm³/mol. The zero-order chi connectivity index (χ0) is 21.4. The van der Waals surface area contributed by atoms with Crippen molar-refractivity contribution in [1.82, 2.24) is 15.1 Å². The van der Waals surface area contributed by atoms with Gasteiger partial charge in [0, 0.05) is 35.3 Å². The number of alkyl halides is 3. The molecule has 1 aromatic carbocycles. The van der Waals surface area contributed by atoms with Crippen LogP contribution in [0.2, 0.25) is 0 Å². The van der Waals surface area contributed by atoms with E-state index in [4.69, 9.17) is 0 Å². The van der Waals surface area contributed by atoms with Crippen LogP contribution >= 0.6 is 0 Å². The second-order valence-electron chi connectivity index (χ2n) is 7.76. The molecule has 0 spiro atoms. The molecule has 0 fully saturated rings. The Morgan fingerprint density at radius 2 is 2.03 bits per heavy atom.